The first-order valence-corrected chi connectivity index (χ1v) is 6.27. The third kappa shape index (κ3) is 3.72. The predicted molar refractivity (Wildman–Crippen MR) is 70.1 cm³/mol. The molecule has 0 spiro atoms. The van der Waals surface area contributed by atoms with Crippen molar-refractivity contribution in [3.8, 4) is 5.75 Å². The Kier molecular flexibility index (Phi) is 4.02. The van der Waals surface area contributed by atoms with Gasteiger partial charge in [0.1, 0.15) is 5.75 Å². The third-order valence-electron chi connectivity index (χ3n) is 3.32. The van der Waals surface area contributed by atoms with Crippen molar-refractivity contribution >= 4 is 0 Å². The van der Waals surface area contributed by atoms with Crippen LogP contribution in [0.5, 0.6) is 5.75 Å². The van der Waals surface area contributed by atoms with Gasteiger partial charge in [0.15, 0.2) is 0 Å². The highest BCUT2D eigenvalue weighted by atomic mass is 16.5. The van der Waals surface area contributed by atoms with Gasteiger partial charge in [-0.25, -0.2) is 0 Å². The zero-order chi connectivity index (χ0) is 12.3. The van der Waals surface area contributed by atoms with Crippen LogP contribution in [0.1, 0.15) is 24.4 Å². The SMILES string of the molecule is COc1ccc(C(N)CN(C)CC2CC2)cc1. The van der Waals surface area contributed by atoms with Crippen molar-refractivity contribution in [2.75, 3.05) is 27.2 Å². The Labute approximate surface area is 104 Å². The molecule has 1 unspecified atom stereocenters. The highest BCUT2D eigenvalue weighted by molar-refractivity contribution is 5.29. The van der Waals surface area contributed by atoms with E-state index in [2.05, 4.69) is 24.1 Å². The maximum atomic E-state index is 6.20. The standard InChI is InChI=1S/C14H22N2O/c1-16(9-11-3-4-11)10-14(15)12-5-7-13(17-2)8-6-12/h5-8,11,14H,3-4,9-10,15H2,1-2H3. The minimum absolute atomic E-state index is 0.0876. The highest BCUT2D eigenvalue weighted by Crippen LogP contribution is 2.29. The maximum Gasteiger partial charge on any atom is 0.118 e. The molecule has 1 fully saturated rings. The molecule has 1 atom stereocenters. The fraction of sp³-hybridized carbons (Fsp3) is 0.571. The van der Waals surface area contributed by atoms with Crippen molar-refractivity contribution in [2.45, 2.75) is 18.9 Å². The summed E-state index contributed by atoms with van der Waals surface area (Å²) in [4.78, 5) is 2.34. The van der Waals surface area contributed by atoms with Gasteiger partial charge in [-0.2, -0.15) is 0 Å². The summed E-state index contributed by atoms with van der Waals surface area (Å²) in [5.74, 6) is 1.80. The van der Waals surface area contributed by atoms with Crippen LogP contribution in [0.15, 0.2) is 24.3 Å². The lowest BCUT2D eigenvalue weighted by molar-refractivity contribution is 0.300. The predicted octanol–water partition coefficient (Wildman–Crippen LogP) is 2.04. The molecule has 17 heavy (non-hydrogen) atoms. The Bertz CT molecular complexity index is 346. The molecule has 1 aromatic carbocycles. The van der Waals surface area contributed by atoms with Gasteiger partial charge in [0.05, 0.1) is 7.11 Å². The van der Waals surface area contributed by atoms with Crippen molar-refractivity contribution in [2.24, 2.45) is 11.7 Å². The number of ether oxygens (including phenoxy) is 1. The monoisotopic (exact) mass is 234 g/mol. The summed E-state index contributed by atoms with van der Waals surface area (Å²) in [5.41, 5.74) is 7.38. The molecule has 0 radical (unpaired) electrons. The largest absolute Gasteiger partial charge is 0.497 e. The minimum Gasteiger partial charge on any atom is -0.497 e. The van der Waals surface area contributed by atoms with Crippen molar-refractivity contribution < 1.29 is 4.74 Å². The van der Waals surface area contributed by atoms with E-state index in [-0.39, 0.29) is 6.04 Å². The van der Waals surface area contributed by atoms with Crippen LogP contribution < -0.4 is 10.5 Å². The van der Waals surface area contributed by atoms with Crippen LogP contribution in [0.25, 0.3) is 0 Å². The second-order valence-corrected chi connectivity index (χ2v) is 5.04. The summed E-state index contributed by atoms with van der Waals surface area (Å²) < 4.78 is 5.14. The van der Waals surface area contributed by atoms with Crippen molar-refractivity contribution in [1.82, 2.24) is 4.90 Å². The zero-order valence-corrected chi connectivity index (χ0v) is 10.7. The first-order chi connectivity index (χ1) is 8.19. The molecule has 1 aromatic rings. The second-order valence-electron chi connectivity index (χ2n) is 5.04. The topological polar surface area (TPSA) is 38.5 Å². The second kappa shape index (κ2) is 5.52. The fourth-order valence-electron chi connectivity index (χ4n) is 2.11. The van der Waals surface area contributed by atoms with E-state index in [9.17, 15) is 0 Å². The molecule has 1 saturated carbocycles. The van der Waals surface area contributed by atoms with Gasteiger partial charge in [0.25, 0.3) is 0 Å². The molecule has 0 amide bonds. The molecule has 3 heteroatoms. The van der Waals surface area contributed by atoms with Crippen LogP contribution in [0.3, 0.4) is 0 Å². The molecular weight excluding hydrogens is 212 g/mol. The van der Waals surface area contributed by atoms with Crippen LogP contribution >= 0.6 is 0 Å². The van der Waals surface area contributed by atoms with E-state index < -0.39 is 0 Å². The van der Waals surface area contributed by atoms with Crippen LogP contribution in [-0.2, 0) is 0 Å². The van der Waals surface area contributed by atoms with Crippen molar-refractivity contribution in [1.29, 1.82) is 0 Å². The van der Waals surface area contributed by atoms with Gasteiger partial charge in [-0.05, 0) is 43.5 Å². The average molecular weight is 234 g/mol. The molecule has 2 N–H and O–H groups in total. The summed E-state index contributed by atoms with van der Waals surface area (Å²) in [6.45, 7) is 2.10. The molecule has 1 aliphatic rings. The Morgan fingerprint density at radius 3 is 2.53 bits per heavy atom. The van der Waals surface area contributed by atoms with E-state index in [4.69, 9.17) is 10.5 Å². The molecule has 0 aliphatic heterocycles. The van der Waals surface area contributed by atoms with E-state index in [0.29, 0.717) is 0 Å². The third-order valence-corrected chi connectivity index (χ3v) is 3.32. The number of methoxy groups -OCH3 is 1. The van der Waals surface area contributed by atoms with Gasteiger partial charge < -0.3 is 15.4 Å². The molecule has 0 heterocycles. The zero-order valence-electron chi connectivity index (χ0n) is 10.7. The van der Waals surface area contributed by atoms with E-state index in [1.807, 2.05) is 12.1 Å². The molecule has 2 rings (SSSR count). The Morgan fingerprint density at radius 1 is 1.35 bits per heavy atom. The molecule has 0 saturated heterocycles. The van der Waals surface area contributed by atoms with E-state index in [1.54, 1.807) is 7.11 Å². The van der Waals surface area contributed by atoms with E-state index in [0.717, 1.165) is 18.2 Å². The van der Waals surface area contributed by atoms with E-state index >= 15 is 0 Å². The van der Waals surface area contributed by atoms with Gasteiger partial charge in [-0.3, -0.25) is 0 Å². The highest BCUT2D eigenvalue weighted by Gasteiger charge is 2.23. The number of rotatable bonds is 6. The normalized spacial score (nSPS) is 17.2. The van der Waals surface area contributed by atoms with Crippen molar-refractivity contribution in [3.05, 3.63) is 29.8 Å². The first-order valence-electron chi connectivity index (χ1n) is 6.27. The fourth-order valence-corrected chi connectivity index (χ4v) is 2.11. The van der Waals surface area contributed by atoms with Crippen LogP contribution in [0.4, 0.5) is 0 Å². The summed E-state index contributed by atoms with van der Waals surface area (Å²) >= 11 is 0. The van der Waals surface area contributed by atoms with Gasteiger partial charge >= 0.3 is 0 Å². The summed E-state index contributed by atoms with van der Waals surface area (Å²) in [6.07, 6.45) is 2.78. The Morgan fingerprint density at radius 2 is 2.00 bits per heavy atom. The van der Waals surface area contributed by atoms with Gasteiger partial charge in [0.2, 0.25) is 0 Å². The number of nitrogens with two attached hydrogens (primary N) is 1. The van der Waals surface area contributed by atoms with Gasteiger partial charge in [-0.1, -0.05) is 12.1 Å². The maximum absolute atomic E-state index is 6.20. The van der Waals surface area contributed by atoms with Crippen molar-refractivity contribution in [3.63, 3.8) is 0 Å². The quantitative estimate of drug-likeness (QED) is 0.818. The van der Waals surface area contributed by atoms with E-state index in [1.165, 1.54) is 24.9 Å². The number of benzene rings is 1. The Balaban J connectivity index is 1.86. The van der Waals surface area contributed by atoms with Gasteiger partial charge in [0, 0.05) is 19.1 Å². The average Bonchev–Trinajstić information content (AvgIpc) is 3.12. The van der Waals surface area contributed by atoms with Crippen LogP contribution in [0, 0.1) is 5.92 Å². The number of hydrogen-bond donors (Lipinski definition) is 1. The molecular formula is C14H22N2O. The molecule has 3 nitrogen and oxygen atoms in total. The number of nitrogens with zero attached hydrogens (tertiary/aromatic N) is 1. The smallest absolute Gasteiger partial charge is 0.118 e. The summed E-state index contributed by atoms with van der Waals surface area (Å²) in [6, 6.07) is 8.12. The molecule has 1 aliphatic carbocycles. The number of likely N-dealkylation sites (N-methyl/N-ethyl adjacent to an activating group) is 1. The van der Waals surface area contributed by atoms with Crippen LogP contribution in [-0.4, -0.2) is 32.1 Å². The molecule has 0 bridgehead atoms. The first kappa shape index (κ1) is 12.4. The lowest BCUT2D eigenvalue weighted by atomic mass is 10.1. The minimum atomic E-state index is 0.0876. The lowest BCUT2D eigenvalue weighted by Crippen LogP contribution is -2.30. The summed E-state index contributed by atoms with van der Waals surface area (Å²) in [5, 5.41) is 0. The molecule has 0 aromatic heterocycles. The molecule has 94 valence electrons. The van der Waals surface area contributed by atoms with Gasteiger partial charge in [-0.15, -0.1) is 0 Å². The van der Waals surface area contributed by atoms with Crippen LogP contribution in [0.2, 0.25) is 0 Å². The Hall–Kier alpha value is -1.06. The lowest BCUT2D eigenvalue weighted by Gasteiger charge is -2.21. The summed E-state index contributed by atoms with van der Waals surface area (Å²) in [7, 11) is 3.83. The number of hydrogen-bond acceptors (Lipinski definition) is 3.